The van der Waals surface area contributed by atoms with Crippen LogP contribution in [0.2, 0.25) is 0 Å². The average Bonchev–Trinajstić information content (AvgIpc) is 2.50. The Balaban J connectivity index is 2.50. The maximum Gasteiger partial charge on any atom is 0.299 e. The minimum atomic E-state index is -0.707. The Morgan fingerprint density at radius 1 is 1.23 bits per heavy atom. The molecule has 4 N–H and O–H groups in total. The summed E-state index contributed by atoms with van der Waals surface area (Å²) in [6.07, 6.45) is 0.105. The van der Waals surface area contributed by atoms with Gasteiger partial charge in [-0.05, 0) is 6.07 Å². The van der Waals surface area contributed by atoms with Crippen LogP contribution in [-0.2, 0) is 9.53 Å². The van der Waals surface area contributed by atoms with Crippen molar-refractivity contribution < 1.29 is 19.4 Å². The molecule has 0 aliphatic heterocycles. The van der Waals surface area contributed by atoms with E-state index in [-0.39, 0.29) is 43.5 Å². The number of non-ortho nitro benzene ring substituents is 1. The van der Waals surface area contributed by atoms with E-state index in [1.807, 2.05) is 5.43 Å². The van der Waals surface area contributed by atoms with Crippen LogP contribution in [-0.4, -0.2) is 35.5 Å². The van der Waals surface area contributed by atoms with Gasteiger partial charge in [-0.1, -0.05) is 0 Å². The Morgan fingerprint density at radius 2 is 1.95 bits per heavy atom. The number of nitrogens with two attached hydrogens (primary N) is 1. The molecule has 120 valence electrons. The number of hydrogen-bond donors (Lipinski definition) is 3. The third-order valence-corrected chi connectivity index (χ3v) is 2.59. The fraction of sp³-hybridized carbons (Fsp3) is 0.364. The summed E-state index contributed by atoms with van der Waals surface area (Å²) in [4.78, 5) is 30.9. The zero-order valence-electron chi connectivity index (χ0n) is 11.5. The van der Waals surface area contributed by atoms with Crippen LogP contribution in [0, 0.1) is 20.2 Å². The molecule has 0 aliphatic carbocycles. The second-order valence-electron chi connectivity index (χ2n) is 4.07. The molecular weight excluding hydrogens is 298 g/mol. The normalized spacial score (nSPS) is 10.0. The smallest absolute Gasteiger partial charge is 0.299 e. The van der Waals surface area contributed by atoms with Gasteiger partial charge < -0.3 is 10.1 Å². The minimum absolute atomic E-state index is 0.105. The standard InChI is InChI=1S/C11H15N5O6/c12-14-11(17)3-5-22-6-4-13-9-2-1-8(15(18)19)7-10(9)16(20)21/h1-2,7,13H,3-6,12H2,(H,14,17). The number of ether oxygens (including phenoxy) is 1. The number of rotatable bonds is 9. The fourth-order valence-corrected chi connectivity index (χ4v) is 1.53. The van der Waals surface area contributed by atoms with Crippen molar-refractivity contribution in [3.63, 3.8) is 0 Å². The maximum absolute atomic E-state index is 10.9. The average molecular weight is 313 g/mol. The molecular formula is C11H15N5O6. The molecule has 22 heavy (non-hydrogen) atoms. The Labute approximate surface area is 124 Å². The van der Waals surface area contributed by atoms with Crippen molar-refractivity contribution in [1.82, 2.24) is 5.43 Å². The SMILES string of the molecule is NNC(=O)CCOCCNc1ccc([N+](=O)[O-])cc1[N+](=O)[O-]. The molecule has 0 aromatic heterocycles. The zero-order chi connectivity index (χ0) is 16.5. The van der Waals surface area contributed by atoms with E-state index in [2.05, 4.69) is 5.32 Å². The summed E-state index contributed by atoms with van der Waals surface area (Å²) in [5, 5.41) is 24.2. The number of nitro groups is 2. The zero-order valence-corrected chi connectivity index (χ0v) is 11.5. The van der Waals surface area contributed by atoms with Crippen LogP contribution < -0.4 is 16.6 Å². The first-order chi connectivity index (χ1) is 10.5. The lowest BCUT2D eigenvalue weighted by atomic mass is 10.2. The highest BCUT2D eigenvalue weighted by molar-refractivity contribution is 5.75. The maximum atomic E-state index is 10.9. The molecule has 1 aromatic rings. The molecule has 0 bridgehead atoms. The summed E-state index contributed by atoms with van der Waals surface area (Å²) >= 11 is 0. The number of nitrogens with one attached hydrogen (secondary N) is 2. The summed E-state index contributed by atoms with van der Waals surface area (Å²) in [5.41, 5.74) is 1.35. The lowest BCUT2D eigenvalue weighted by Crippen LogP contribution is -2.30. The fourth-order valence-electron chi connectivity index (χ4n) is 1.53. The molecule has 0 atom stereocenters. The van der Waals surface area contributed by atoms with Crippen LogP contribution >= 0.6 is 0 Å². The highest BCUT2D eigenvalue weighted by Crippen LogP contribution is 2.28. The van der Waals surface area contributed by atoms with Gasteiger partial charge in [0.1, 0.15) is 5.69 Å². The quantitative estimate of drug-likeness (QED) is 0.193. The second-order valence-corrected chi connectivity index (χ2v) is 4.07. The molecule has 0 heterocycles. The van der Waals surface area contributed by atoms with Crippen LogP contribution in [0.5, 0.6) is 0 Å². The Hall–Kier alpha value is -2.79. The van der Waals surface area contributed by atoms with Crippen molar-refractivity contribution >= 4 is 23.0 Å². The van der Waals surface area contributed by atoms with Crippen LogP contribution in [0.3, 0.4) is 0 Å². The summed E-state index contributed by atoms with van der Waals surface area (Å²) in [5.74, 6) is 4.53. The molecule has 0 unspecified atom stereocenters. The third-order valence-electron chi connectivity index (χ3n) is 2.59. The number of nitrogens with zero attached hydrogens (tertiary/aromatic N) is 2. The molecule has 0 aliphatic rings. The van der Waals surface area contributed by atoms with Crippen LogP contribution in [0.4, 0.5) is 17.1 Å². The summed E-state index contributed by atoms with van der Waals surface area (Å²) < 4.78 is 5.13. The molecule has 0 spiro atoms. The molecule has 11 nitrogen and oxygen atoms in total. The molecule has 11 heteroatoms. The van der Waals surface area contributed by atoms with Crippen molar-refractivity contribution in [2.24, 2.45) is 5.84 Å². The number of nitro benzene ring substituents is 2. The van der Waals surface area contributed by atoms with Crippen molar-refractivity contribution in [2.75, 3.05) is 25.1 Å². The topological polar surface area (TPSA) is 163 Å². The second kappa shape index (κ2) is 8.49. The predicted octanol–water partition coefficient (Wildman–Crippen LogP) is 0.312. The summed E-state index contributed by atoms with van der Waals surface area (Å²) in [6.45, 7) is 0.599. The molecule has 0 saturated heterocycles. The number of carbonyl (C=O) groups excluding carboxylic acids is 1. The predicted molar refractivity (Wildman–Crippen MR) is 76.0 cm³/mol. The third kappa shape index (κ3) is 5.30. The Morgan fingerprint density at radius 3 is 2.55 bits per heavy atom. The van der Waals surface area contributed by atoms with Crippen molar-refractivity contribution in [1.29, 1.82) is 0 Å². The van der Waals surface area contributed by atoms with Gasteiger partial charge in [0.05, 0.1) is 35.5 Å². The van der Waals surface area contributed by atoms with E-state index in [0.717, 1.165) is 6.07 Å². The molecule has 1 amide bonds. The van der Waals surface area contributed by atoms with Gasteiger partial charge in [-0.25, -0.2) is 5.84 Å². The lowest BCUT2D eigenvalue weighted by molar-refractivity contribution is -0.393. The van der Waals surface area contributed by atoms with Gasteiger partial charge in [0.25, 0.3) is 11.4 Å². The van der Waals surface area contributed by atoms with E-state index in [1.54, 1.807) is 0 Å². The molecule has 1 aromatic carbocycles. The Bertz CT molecular complexity index is 564. The molecule has 1 rings (SSSR count). The van der Waals surface area contributed by atoms with Gasteiger partial charge in [-0.3, -0.25) is 30.4 Å². The monoisotopic (exact) mass is 313 g/mol. The van der Waals surface area contributed by atoms with Crippen LogP contribution in [0.1, 0.15) is 6.42 Å². The number of hydrazine groups is 1. The van der Waals surface area contributed by atoms with Gasteiger partial charge in [0.2, 0.25) is 5.91 Å². The first-order valence-corrected chi connectivity index (χ1v) is 6.19. The first kappa shape index (κ1) is 17.3. The van der Waals surface area contributed by atoms with Crippen molar-refractivity contribution in [2.45, 2.75) is 6.42 Å². The molecule has 0 fully saturated rings. The summed E-state index contributed by atoms with van der Waals surface area (Å²) in [7, 11) is 0. The Kier molecular flexibility index (Phi) is 6.66. The van der Waals surface area contributed by atoms with E-state index in [4.69, 9.17) is 10.6 Å². The van der Waals surface area contributed by atoms with Crippen LogP contribution in [0.25, 0.3) is 0 Å². The highest BCUT2D eigenvalue weighted by atomic mass is 16.6. The molecule has 0 radical (unpaired) electrons. The van der Waals surface area contributed by atoms with Gasteiger partial charge in [-0.2, -0.15) is 0 Å². The van der Waals surface area contributed by atoms with E-state index in [9.17, 15) is 25.0 Å². The number of amides is 1. The minimum Gasteiger partial charge on any atom is -0.379 e. The number of hydrogen-bond acceptors (Lipinski definition) is 8. The van der Waals surface area contributed by atoms with E-state index in [1.165, 1.54) is 12.1 Å². The number of anilines is 1. The highest BCUT2D eigenvalue weighted by Gasteiger charge is 2.18. The van der Waals surface area contributed by atoms with Crippen molar-refractivity contribution in [3.05, 3.63) is 38.4 Å². The van der Waals surface area contributed by atoms with Gasteiger partial charge in [-0.15, -0.1) is 0 Å². The van der Waals surface area contributed by atoms with Crippen LogP contribution in [0.15, 0.2) is 18.2 Å². The summed E-state index contributed by atoms with van der Waals surface area (Å²) in [6, 6.07) is 3.31. The van der Waals surface area contributed by atoms with Crippen molar-refractivity contribution in [3.8, 4) is 0 Å². The van der Waals surface area contributed by atoms with E-state index >= 15 is 0 Å². The van der Waals surface area contributed by atoms with Gasteiger partial charge in [0, 0.05) is 12.6 Å². The van der Waals surface area contributed by atoms with Gasteiger partial charge >= 0.3 is 0 Å². The first-order valence-electron chi connectivity index (χ1n) is 6.19. The van der Waals surface area contributed by atoms with E-state index in [0.29, 0.717) is 0 Å². The largest absolute Gasteiger partial charge is 0.379 e. The number of carbonyl (C=O) groups is 1. The number of benzene rings is 1. The molecule has 0 saturated carbocycles. The van der Waals surface area contributed by atoms with Gasteiger partial charge in [0.15, 0.2) is 0 Å². The van der Waals surface area contributed by atoms with E-state index < -0.39 is 15.5 Å². The lowest BCUT2D eigenvalue weighted by Gasteiger charge is -2.07.